The number of aromatic nitrogens is 1. The van der Waals surface area contributed by atoms with Gasteiger partial charge in [-0.05, 0) is 66.1 Å². The second kappa shape index (κ2) is 16.1. The second-order valence-corrected chi connectivity index (χ2v) is 15.6. The molecule has 1 aliphatic heterocycles. The summed E-state index contributed by atoms with van der Waals surface area (Å²) in [5.74, 6) is 0.573. The number of methoxy groups -OCH3 is 2. The first-order valence-corrected chi connectivity index (χ1v) is 18.6. The van der Waals surface area contributed by atoms with Gasteiger partial charge in [0.1, 0.15) is 16.6 Å². The van der Waals surface area contributed by atoms with Crippen LogP contribution in [0.2, 0.25) is 0 Å². The van der Waals surface area contributed by atoms with Crippen molar-refractivity contribution in [1.29, 1.82) is 5.41 Å². The molecular formula is C35H47N7O5S2. The molecule has 3 aromatic rings. The number of carbonyl (C=O) groups is 1. The fourth-order valence-electron chi connectivity index (χ4n) is 5.30. The van der Waals surface area contributed by atoms with Crippen molar-refractivity contribution in [3.05, 3.63) is 77.6 Å². The smallest absolute Gasteiger partial charge is 0.255 e. The number of nitrogens with one attached hydrogen (secondary N) is 4. The van der Waals surface area contributed by atoms with E-state index in [2.05, 4.69) is 31.7 Å². The molecule has 12 nitrogen and oxygen atoms in total. The van der Waals surface area contributed by atoms with Gasteiger partial charge in [0.15, 0.2) is 5.75 Å². The Bertz CT molecular complexity index is 1800. The van der Waals surface area contributed by atoms with E-state index in [4.69, 9.17) is 19.9 Å². The third-order valence-corrected chi connectivity index (χ3v) is 9.67. The van der Waals surface area contributed by atoms with Crippen LogP contribution < -0.4 is 25.0 Å². The summed E-state index contributed by atoms with van der Waals surface area (Å²) in [6.45, 7) is 16.7. The Hall–Kier alpha value is -4.11. The molecule has 1 amide bonds. The lowest BCUT2D eigenvalue weighted by Gasteiger charge is -2.35. The molecule has 0 spiro atoms. The number of ether oxygens (including phenoxy) is 2. The van der Waals surface area contributed by atoms with Gasteiger partial charge in [-0.2, -0.15) is 0 Å². The van der Waals surface area contributed by atoms with Gasteiger partial charge in [0.2, 0.25) is 10.0 Å². The number of nitrogens with zero attached hydrogens (tertiary/aromatic N) is 3. The summed E-state index contributed by atoms with van der Waals surface area (Å²) < 4.78 is 37.6. The normalized spacial score (nSPS) is 13.9. The predicted octanol–water partition coefficient (Wildman–Crippen LogP) is 5.76. The van der Waals surface area contributed by atoms with Crippen LogP contribution in [-0.4, -0.2) is 89.1 Å². The molecule has 14 heteroatoms. The van der Waals surface area contributed by atoms with Crippen LogP contribution in [-0.2, 0) is 20.2 Å². The van der Waals surface area contributed by atoms with Crippen LogP contribution in [0.15, 0.2) is 60.1 Å². The number of amides is 1. The maximum absolute atomic E-state index is 13.7. The zero-order valence-corrected chi connectivity index (χ0v) is 30.9. The molecule has 1 aliphatic rings. The standard InChI is InChI=1S/C35H47N7O5S2/c1-9-37-26-12-13-30(42-16-14-41(15-17-42)18-19-46-6)39-31(26)33(36)48-29-20-24(11-10-23(29)2)34(43)38-27-21-25(35(3,4)5)22-28(32(27)47-7)40-49(8,44)45/h9-13,20-22,36-37,40H,1,14-19H2,2-8H3,(H,38,43). The van der Waals surface area contributed by atoms with Crippen LogP contribution in [0.3, 0.4) is 0 Å². The topological polar surface area (TPSA) is 149 Å². The first-order chi connectivity index (χ1) is 23.1. The van der Waals surface area contributed by atoms with E-state index in [1.54, 1.807) is 37.6 Å². The summed E-state index contributed by atoms with van der Waals surface area (Å²) in [5, 5.41) is 15.3. The molecule has 0 bridgehead atoms. The van der Waals surface area contributed by atoms with Crippen LogP contribution >= 0.6 is 11.8 Å². The Morgan fingerprint density at radius 2 is 1.76 bits per heavy atom. The molecule has 2 heterocycles. The van der Waals surface area contributed by atoms with Crippen molar-refractivity contribution in [2.45, 2.75) is 38.0 Å². The first kappa shape index (κ1) is 37.7. The lowest BCUT2D eigenvalue weighted by atomic mass is 9.86. The predicted molar refractivity (Wildman–Crippen MR) is 201 cm³/mol. The highest BCUT2D eigenvalue weighted by molar-refractivity contribution is 8.14. The molecule has 2 aromatic carbocycles. The number of benzene rings is 2. The van der Waals surface area contributed by atoms with Gasteiger partial charge in [-0.15, -0.1) is 0 Å². The minimum atomic E-state index is -3.63. The van der Waals surface area contributed by atoms with Crippen molar-refractivity contribution in [2.24, 2.45) is 0 Å². The molecule has 4 rings (SSSR count). The van der Waals surface area contributed by atoms with Crippen LogP contribution in [0.5, 0.6) is 5.75 Å². The molecule has 0 radical (unpaired) electrons. The van der Waals surface area contributed by atoms with E-state index in [9.17, 15) is 13.2 Å². The monoisotopic (exact) mass is 709 g/mol. The Morgan fingerprint density at radius 3 is 2.37 bits per heavy atom. The molecular weight excluding hydrogens is 663 g/mol. The van der Waals surface area contributed by atoms with E-state index < -0.39 is 15.9 Å². The maximum Gasteiger partial charge on any atom is 0.255 e. The van der Waals surface area contributed by atoms with Gasteiger partial charge in [-0.3, -0.25) is 19.8 Å². The average Bonchev–Trinajstić information content (AvgIpc) is 3.04. The lowest BCUT2D eigenvalue weighted by Crippen LogP contribution is -2.47. The van der Waals surface area contributed by atoms with Crippen molar-refractivity contribution < 1.29 is 22.7 Å². The highest BCUT2D eigenvalue weighted by atomic mass is 32.2. The fraction of sp³-hybridized carbons (Fsp3) is 0.400. The quantitative estimate of drug-likeness (QED) is 0.0981. The number of carbonyl (C=O) groups excluding carboxylic acids is 1. The SMILES string of the molecule is C=CNc1ccc(N2CCN(CCOC)CC2)nc1C(=N)Sc1cc(C(=O)Nc2cc(C(C)(C)C)cc(NS(C)(=O)=O)c2OC)ccc1C. The van der Waals surface area contributed by atoms with Crippen molar-refractivity contribution in [3.63, 3.8) is 0 Å². The zero-order chi connectivity index (χ0) is 35.9. The average molecular weight is 710 g/mol. The number of piperazine rings is 1. The zero-order valence-electron chi connectivity index (χ0n) is 29.3. The van der Waals surface area contributed by atoms with Gasteiger partial charge in [-0.25, -0.2) is 13.4 Å². The van der Waals surface area contributed by atoms with Gasteiger partial charge < -0.3 is 25.0 Å². The minimum Gasteiger partial charge on any atom is -0.492 e. The highest BCUT2D eigenvalue weighted by Crippen LogP contribution is 2.39. The van der Waals surface area contributed by atoms with Crippen molar-refractivity contribution >= 4 is 55.6 Å². The molecule has 264 valence electrons. The largest absolute Gasteiger partial charge is 0.492 e. The maximum atomic E-state index is 13.7. The summed E-state index contributed by atoms with van der Waals surface area (Å²) in [7, 11) is -0.495. The number of thioether (sulfide) groups is 1. The van der Waals surface area contributed by atoms with Gasteiger partial charge in [0, 0.05) is 50.3 Å². The number of sulfonamides is 1. The van der Waals surface area contributed by atoms with Crippen LogP contribution in [0.1, 0.15) is 48.0 Å². The minimum absolute atomic E-state index is 0.194. The summed E-state index contributed by atoms with van der Waals surface area (Å²) in [5.41, 5.74) is 3.40. The van der Waals surface area contributed by atoms with Crippen LogP contribution in [0.4, 0.5) is 22.9 Å². The Balaban J connectivity index is 1.59. The second-order valence-electron chi connectivity index (χ2n) is 12.8. The van der Waals surface area contributed by atoms with Gasteiger partial charge >= 0.3 is 0 Å². The van der Waals surface area contributed by atoms with Crippen molar-refractivity contribution in [2.75, 3.05) is 80.1 Å². The molecule has 1 aromatic heterocycles. The van der Waals surface area contributed by atoms with Crippen molar-refractivity contribution in [1.82, 2.24) is 9.88 Å². The van der Waals surface area contributed by atoms with E-state index in [0.29, 0.717) is 29.2 Å². The molecule has 1 saturated heterocycles. The van der Waals surface area contributed by atoms with E-state index in [1.165, 1.54) is 18.9 Å². The third-order valence-electron chi connectivity index (χ3n) is 8.03. The molecule has 4 N–H and O–H groups in total. The van der Waals surface area contributed by atoms with Gasteiger partial charge in [0.05, 0.1) is 37.0 Å². The Labute approximate surface area is 294 Å². The van der Waals surface area contributed by atoms with Gasteiger partial charge in [-0.1, -0.05) is 45.2 Å². The number of pyridine rings is 1. The summed E-state index contributed by atoms with van der Waals surface area (Å²) in [6.07, 6.45) is 2.62. The van der Waals surface area contributed by atoms with Crippen molar-refractivity contribution in [3.8, 4) is 5.75 Å². The summed E-state index contributed by atoms with van der Waals surface area (Å²) in [4.78, 5) is 23.9. The number of hydrogen-bond acceptors (Lipinski definition) is 11. The number of rotatable bonds is 13. The van der Waals surface area contributed by atoms with E-state index >= 15 is 0 Å². The summed E-state index contributed by atoms with van der Waals surface area (Å²) >= 11 is 1.21. The molecule has 0 unspecified atom stereocenters. The molecule has 0 atom stereocenters. The number of anilines is 4. The molecule has 1 fully saturated rings. The Kier molecular flexibility index (Phi) is 12.4. The molecule has 0 aliphatic carbocycles. The third kappa shape index (κ3) is 9.97. The number of aryl methyl sites for hydroxylation is 1. The van der Waals surface area contributed by atoms with E-state index in [0.717, 1.165) is 60.8 Å². The Morgan fingerprint density at radius 1 is 1.06 bits per heavy atom. The van der Waals surface area contributed by atoms with E-state index in [1.807, 2.05) is 45.9 Å². The fourth-order valence-corrected chi connectivity index (χ4v) is 6.74. The summed E-state index contributed by atoms with van der Waals surface area (Å²) in [6, 6.07) is 12.6. The van der Waals surface area contributed by atoms with Crippen LogP contribution in [0.25, 0.3) is 0 Å². The number of hydrogen-bond donors (Lipinski definition) is 4. The van der Waals surface area contributed by atoms with Crippen LogP contribution in [0, 0.1) is 12.3 Å². The molecule has 0 saturated carbocycles. The highest BCUT2D eigenvalue weighted by Gasteiger charge is 2.24. The van der Waals surface area contributed by atoms with E-state index in [-0.39, 0.29) is 21.9 Å². The lowest BCUT2D eigenvalue weighted by molar-refractivity contribution is 0.102. The first-order valence-electron chi connectivity index (χ1n) is 15.9. The molecule has 49 heavy (non-hydrogen) atoms. The van der Waals surface area contributed by atoms with Gasteiger partial charge in [0.25, 0.3) is 5.91 Å².